The summed E-state index contributed by atoms with van der Waals surface area (Å²) in [5.74, 6) is -1.47. The molecule has 1 aromatic carbocycles. The number of aromatic nitrogens is 1. The summed E-state index contributed by atoms with van der Waals surface area (Å²) in [5.41, 5.74) is 0.475. The number of anilines is 1. The van der Waals surface area contributed by atoms with Gasteiger partial charge in [-0.15, -0.1) is 11.3 Å². The van der Waals surface area contributed by atoms with Crippen molar-refractivity contribution in [2.75, 3.05) is 12.4 Å². The summed E-state index contributed by atoms with van der Waals surface area (Å²) >= 11 is 1.12. The molecule has 21 heavy (non-hydrogen) atoms. The van der Waals surface area contributed by atoms with Crippen LogP contribution < -0.4 is 15.2 Å². The van der Waals surface area contributed by atoms with Crippen molar-refractivity contribution in [1.82, 2.24) is 4.98 Å². The molecule has 110 valence electrons. The summed E-state index contributed by atoms with van der Waals surface area (Å²) in [6.07, 6.45) is 0. The van der Waals surface area contributed by atoms with Crippen molar-refractivity contribution >= 4 is 28.9 Å². The van der Waals surface area contributed by atoms with Gasteiger partial charge in [-0.25, -0.2) is 4.98 Å². The van der Waals surface area contributed by atoms with Crippen LogP contribution in [0, 0.1) is 0 Å². The fourth-order valence-corrected chi connectivity index (χ4v) is 2.46. The van der Waals surface area contributed by atoms with Crippen LogP contribution in [0.4, 0.5) is 5.69 Å². The number of nitrogens with one attached hydrogen (secondary N) is 1. The summed E-state index contributed by atoms with van der Waals surface area (Å²) in [4.78, 5) is 26.7. The first-order valence-corrected chi connectivity index (χ1v) is 7.01. The van der Waals surface area contributed by atoms with Crippen LogP contribution in [0.25, 0.3) is 0 Å². The van der Waals surface area contributed by atoms with Gasteiger partial charge >= 0.3 is 0 Å². The Bertz CT molecular complexity index is 651. The number of methoxy groups -OCH3 is 1. The summed E-state index contributed by atoms with van der Waals surface area (Å²) < 4.78 is 5.03. The zero-order chi connectivity index (χ0) is 15.4. The first-order valence-electron chi connectivity index (χ1n) is 6.13. The number of hydrogen-bond donors (Lipinski definition) is 1. The van der Waals surface area contributed by atoms with E-state index in [9.17, 15) is 14.7 Å². The first kappa shape index (κ1) is 15.0. The predicted molar refractivity (Wildman–Crippen MR) is 76.5 cm³/mol. The van der Waals surface area contributed by atoms with Crippen molar-refractivity contribution in [2.24, 2.45) is 0 Å². The molecular weight excluding hydrogens is 292 g/mol. The number of carboxylic acids is 1. The Labute approximate surface area is 125 Å². The van der Waals surface area contributed by atoms with Crippen molar-refractivity contribution in [3.63, 3.8) is 0 Å². The number of carboxylic acid groups (broad SMARTS) is 1. The van der Waals surface area contributed by atoms with Crippen molar-refractivity contribution in [3.05, 3.63) is 40.3 Å². The van der Waals surface area contributed by atoms with E-state index in [0.29, 0.717) is 16.4 Å². The molecule has 0 aliphatic heterocycles. The maximum Gasteiger partial charge on any atom is 0.234 e. The number of hydrogen-bond acceptors (Lipinski definition) is 6. The number of carbonyl (C=O) groups is 2. The minimum absolute atomic E-state index is 0.154. The predicted octanol–water partition coefficient (Wildman–Crippen LogP) is 1.26. The lowest BCUT2D eigenvalue weighted by Crippen LogP contribution is -2.23. The Morgan fingerprint density at radius 3 is 2.52 bits per heavy atom. The molecule has 0 spiro atoms. The van der Waals surface area contributed by atoms with Crippen molar-refractivity contribution in [3.8, 4) is 5.75 Å². The van der Waals surface area contributed by atoms with E-state index in [1.807, 2.05) is 0 Å². The molecule has 0 saturated carbocycles. The third kappa shape index (κ3) is 3.57. The molecule has 1 amide bonds. The fraction of sp³-hybridized carbons (Fsp3) is 0.214. The van der Waals surface area contributed by atoms with Crippen LogP contribution in [0.1, 0.15) is 28.3 Å². The van der Waals surface area contributed by atoms with E-state index >= 15 is 0 Å². The highest BCUT2D eigenvalue weighted by Crippen LogP contribution is 2.22. The minimum Gasteiger partial charge on any atom is -0.543 e. The summed E-state index contributed by atoms with van der Waals surface area (Å²) in [5, 5.41) is 15.2. The average molecular weight is 305 g/mol. The quantitative estimate of drug-likeness (QED) is 0.898. The molecule has 6 nitrogen and oxygen atoms in total. The highest BCUT2D eigenvalue weighted by molar-refractivity contribution is 7.10. The Morgan fingerprint density at radius 2 is 2.00 bits per heavy atom. The van der Waals surface area contributed by atoms with Crippen molar-refractivity contribution < 1.29 is 19.4 Å². The lowest BCUT2D eigenvalue weighted by atomic mass is 10.1. The van der Waals surface area contributed by atoms with Crippen LogP contribution in [0.2, 0.25) is 0 Å². The fourth-order valence-electron chi connectivity index (χ4n) is 1.62. The van der Waals surface area contributed by atoms with Crippen LogP contribution >= 0.6 is 11.3 Å². The molecule has 0 aliphatic rings. The maximum atomic E-state index is 12.1. The van der Waals surface area contributed by atoms with E-state index in [1.165, 1.54) is 5.38 Å². The molecule has 1 aromatic heterocycles. The van der Waals surface area contributed by atoms with Gasteiger partial charge in [0, 0.05) is 11.1 Å². The van der Waals surface area contributed by atoms with Gasteiger partial charge in [0.25, 0.3) is 0 Å². The van der Waals surface area contributed by atoms with Gasteiger partial charge in [-0.3, -0.25) is 4.79 Å². The molecule has 1 atom stereocenters. The van der Waals surface area contributed by atoms with Gasteiger partial charge in [-0.05, 0) is 31.2 Å². The lowest BCUT2D eigenvalue weighted by molar-refractivity contribution is -0.255. The number of ether oxygens (including phenoxy) is 1. The first-order chi connectivity index (χ1) is 10.0. The van der Waals surface area contributed by atoms with Crippen molar-refractivity contribution in [1.29, 1.82) is 0 Å². The molecule has 1 heterocycles. The topological polar surface area (TPSA) is 91.3 Å². The lowest BCUT2D eigenvalue weighted by Gasteiger charge is -2.10. The van der Waals surface area contributed by atoms with Gasteiger partial charge in [0.1, 0.15) is 10.8 Å². The van der Waals surface area contributed by atoms with Gasteiger partial charge < -0.3 is 20.0 Å². The Kier molecular flexibility index (Phi) is 4.54. The highest BCUT2D eigenvalue weighted by Gasteiger charge is 2.19. The molecule has 2 aromatic rings. The monoisotopic (exact) mass is 305 g/mol. The number of amides is 1. The van der Waals surface area contributed by atoms with E-state index in [2.05, 4.69) is 10.3 Å². The number of nitrogens with zero attached hydrogens (tertiary/aromatic N) is 1. The molecule has 2 rings (SSSR count). The number of benzene rings is 1. The van der Waals surface area contributed by atoms with Crippen LogP contribution in [0.3, 0.4) is 0 Å². The second-order valence-corrected chi connectivity index (χ2v) is 5.19. The van der Waals surface area contributed by atoms with Crippen molar-refractivity contribution in [2.45, 2.75) is 12.8 Å². The van der Waals surface area contributed by atoms with E-state index in [1.54, 1.807) is 38.3 Å². The second-order valence-electron chi connectivity index (χ2n) is 4.30. The molecule has 0 fully saturated rings. The van der Waals surface area contributed by atoms with Gasteiger partial charge in [-0.2, -0.15) is 0 Å². The van der Waals surface area contributed by atoms with E-state index < -0.39 is 11.9 Å². The molecule has 0 radical (unpaired) electrons. The summed E-state index contributed by atoms with van der Waals surface area (Å²) in [6, 6.07) is 6.91. The smallest absolute Gasteiger partial charge is 0.234 e. The standard InChI is InChI=1S/C14H14N2O4S/c1-8(13-16-11(7-21-13)14(18)19)12(17)15-9-3-5-10(20-2)6-4-9/h3-8H,1-2H3,(H,15,17)(H,18,19)/p-1/t8-/m1/s1. The Morgan fingerprint density at radius 1 is 1.33 bits per heavy atom. The van der Waals surface area contributed by atoms with Gasteiger partial charge in [0.05, 0.1) is 24.7 Å². The van der Waals surface area contributed by atoms with Crippen LogP contribution in [-0.2, 0) is 4.79 Å². The number of rotatable bonds is 5. The van der Waals surface area contributed by atoms with Gasteiger partial charge in [-0.1, -0.05) is 0 Å². The zero-order valence-corrected chi connectivity index (χ0v) is 12.3. The molecule has 7 heteroatoms. The van der Waals surface area contributed by atoms with Gasteiger partial charge in [0.2, 0.25) is 5.91 Å². The third-order valence-corrected chi connectivity index (χ3v) is 3.88. The van der Waals surface area contributed by atoms with Gasteiger partial charge in [0.15, 0.2) is 0 Å². The normalized spacial score (nSPS) is 11.7. The Hall–Kier alpha value is -2.41. The molecule has 1 N–H and O–H groups in total. The largest absolute Gasteiger partial charge is 0.543 e. The third-order valence-electron chi connectivity index (χ3n) is 2.85. The molecular formula is C14H13N2O4S-. The minimum atomic E-state index is -1.35. The van der Waals surface area contributed by atoms with Crippen LogP contribution in [0.5, 0.6) is 5.75 Å². The SMILES string of the molecule is COc1ccc(NC(=O)[C@@H](C)c2nc(C(=O)[O-])cs2)cc1. The van der Waals surface area contributed by atoms with E-state index in [-0.39, 0.29) is 11.6 Å². The summed E-state index contributed by atoms with van der Waals surface area (Å²) in [6.45, 7) is 1.66. The molecule has 0 unspecified atom stereocenters. The molecule has 0 bridgehead atoms. The van der Waals surface area contributed by atoms with E-state index in [0.717, 1.165) is 11.3 Å². The zero-order valence-electron chi connectivity index (χ0n) is 11.5. The van der Waals surface area contributed by atoms with Crippen LogP contribution in [-0.4, -0.2) is 24.0 Å². The molecule has 0 saturated heterocycles. The maximum absolute atomic E-state index is 12.1. The highest BCUT2D eigenvalue weighted by atomic mass is 32.1. The van der Waals surface area contributed by atoms with E-state index in [4.69, 9.17) is 4.74 Å². The number of thiazole rings is 1. The average Bonchev–Trinajstić information content (AvgIpc) is 2.97. The summed E-state index contributed by atoms with van der Waals surface area (Å²) in [7, 11) is 1.56. The Balaban J connectivity index is 2.05. The molecule has 0 aliphatic carbocycles. The van der Waals surface area contributed by atoms with Crippen LogP contribution in [0.15, 0.2) is 29.6 Å². The number of aromatic carboxylic acids is 1. The number of carbonyl (C=O) groups excluding carboxylic acids is 2. The second kappa shape index (κ2) is 6.36.